The van der Waals surface area contributed by atoms with E-state index in [0.717, 1.165) is 11.1 Å². The highest BCUT2D eigenvalue weighted by Crippen LogP contribution is 2.39. The number of nitrogens with zero attached hydrogens (tertiary/aromatic N) is 2. The fourth-order valence-electron chi connectivity index (χ4n) is 3.79. The van der Waals surface area contributed by atoms with Gasteiger partial charge < -0.3 is 4.74 Å². The Kier molecular flexibility index (Phi) is 6.47. The topological polar surface area (TPSA) is 107 Å². The molecule has 1 atom stereocenters. The van der Waals surface area contributed by atoms with Gasteiger partial charge in [0.2, 0.25) is 0 Å². The lowest BCUT2D eigenvalue weighted by Crippen LogP contribution is -2.33. The van der Waals surface area contributed by atoms with Crippen molar-refractivity contribution in [2.45, 2.75) is 24.3 Å². The van der Waals surface area contributed by atoms with Crippen LogP contribution in [0.4, 0.5) is 5.69 Å². The molecule has 0 N–H and O–H groups in total. The Morgan fingerprint density at radius 3 is 2.29 bits per heavy atom. The molecule has 34 heavy (non-hydrogen) atoms. The molecule has 9 heteroatoms. The van der Waals surface area contributed by atoms with Crippen molar-refractivity contribution in [3.05, 3.63) is 117 Å². The van der Waals surface area contributed by atoms with Gasteiger partial charge in [-0.1, -0.05) is 54.1 Å². The van der Waals surface area contributed by atoms with Gasteiger partial charge in [0.1, 0.15) is 6.61 Å². The summed E-state index contributed by atoms with van der Waals surface area (Å²) in [6.07, 6.45) is 2.19. The van der Waals surface area contributed by atoms with Gasteiger partial charge >= 0.3 is 5.97 Å². The minimum absolute atomic E-state index is 0.136. The number of nitro groups is 1. The highest BCUT2D eigenvalue weighted by Gasteiger charge is 2.37. The van der Waals surface area contributed by atoms with Gasteiger partial charge in [-0.25, -0.2) is 13.2 Å². The van der Waals surface area contributed by atoms with Gasteiger partial charge in [-0.2, -0.15) is 0 Å². The van der Waals surface area contributed by atoms with Crippen molar-refractivity contribution in [3.63, 3.8) is 0 Å². The second-order valence-corrected chi connectivity index (χ2v) is 9.67. The number of hydrogen-bond acceptors (Lipinski definition) is 6. The molecule has 1 aliphatic heterocycles. The van der Waals surface area contributed by atoms with Crippen LogP contribution >= 0.6 is 0 Å². The van der Waals surface area contributed by atoms with Gasteiger partial charge in [0.25, 0.3) is 15.7 Å². The number of non-ortho nitro benzene ring substituents is 1. The molecule has 8 nitrogen and oxygen atoms in total. The van der Waals surface area contributed by atoms with Gasteiger partial charge in [0.15, 0.2) is 0 Å². The minimum atomic E-state index is -3.93. The van der Waals surface area contributed by atoms with Crippen molar-refractivity contribution >= 4 is 21.7 Å². The Morgan fingerprint density at radius 2 is 1.68 bits per heavy atom. The third-order valence-corrected chi connectivity index (χ3v) is 7.44. The first-order valence-electron chi connectivity index (χ1n) is 10.5. The van der Waals surface area contributed by atoms with Crippen LogP contribution in [-0.2, 0) is 14.8 Å². The summed E-state index contributed by atoms with van der Waals surface area (Å²) in [5.41, 5.74) is 2.11. The van der Waals surface area contributed by atoms with E-state index < -0.39 is 27.0 Å². The fraction of sp³-hybridized carbons (Fsp3) is 0.160. The van der Waals surface area contributed by atoms with E-state index in [4.69, 9.17) is 4.74 Å². The Balaban J connectivity index is 1.59. The number of rotatable bonds is 7. The summed E-state index contributed by atoms with van der Waals surface area (Å²) in [5.74, 6) is -0.702. The molecule has 0 saturated heterocycles. The number of carbonyl (C=O) groups is 1. The maximum atomic E-state index is 13.6. The number of ether oxygens (including phenoxy) is 1. The summed E-state index contributed by atoms with van der Waals surface area (Å²) in [5, 5.41) is 10.8. The van der Waals surface area contributed by atoms with E-state index in [1.54, 1.807) is 30.3 Å². The summed E-state index contributed by atoms with van der Waals surface area (Å²) in [7, 11) is -3.93. The smallest absolute Gasteiger partial charge is 0.338 e. The summed E-state index contributed by atoms with van der Waals surface area (Å²) in [6, 6.07) is 20.4. The predicted octanol–water partition coefficient (Wildman–Crippen LogP) is 4.78. The fourth-order valence-corrected chi connectivity index (χ4v) is 5.48. The zero-order valence-electron chi connectivity index (χ0n) is 18.3. The van der Waals surface area contributed by atoms with Gasteiger partial charge in [0.05, 0.1) is 27.1 Å². The molecule has 0 saturated carbocycles. The predicted molar refractivity (Wildman–Crippen MR) is 125 cm³/mol. The molecule has 174 valence electrons. The Labute approximate surface area is 197 Å². The molecule has 3 aromatic rings. The third kappa shape index (κ3) is 4.69. The van der Waals surface area contributed by atoms with Crippen molar-refractivity contribution in [1.29, 1.82) is 0 Å². The number of sulfonamides is 1. The highest BCUT2D eigenvalue weighted by atomic mass is 32.2. The lowest BCUT2D eigenvalue weighted by molar-refractivity contribution is -0.384. The largest absolute Gasteiger partial charge is 0.456 e. The molecule has 1 unspecified atom stereocenters. The Morgan fingerprint density at radius 1 is 1.03 bits per heavy atom. The zero-order chi connectivity index (χ0) is 24.3. The highest BCUT2D eigenvalue weighted by molar-refractivity contribution is 7.89. The second kappa shape index (κ2) is 9.48. The average Bonchev–Trinajstić information content (AvgIpc) is 3.28. The van der Waals surface area contributed by atoms with Gasteiger partial charge in [-0.3, -0.25) is 14.4 Å². The molecule has 0 spiro atoms. The molecule has 0 amide bonds. The van der Waals surface area contributed by atoms with E-state index in [0.29, 0.717) is 12.1 Å². The van der Waals surface area contributed by atoms with E-state index in [2.05, 4.69) is 0 Å². The van der Waals surface area contributed by atoms with Gasteiger partial charge in [-0.15, -0.1) is 0 Å². The first kappa shape index (κ1) is 23.2. The summed E-state index contributed by atoms with van der Waals surface area (Å²) >= 11 is 0. The molecule has 1 heterocycles. The van der Waals surface area contributed by atoms with Crippen molar-refractivity contribution in [3.8, 4) is 0 Å². The Bertz CT molecular complexity index is 1330. The molecular formula is C25H22N2O6S. The molecular weight excluding hydrogens is 456 g/mol. The lowest BCUT2D eigenvalue weighted by atomic mass is 10.1. The van der Waals surface area contributed by atoms with Crippen molar-refractivity contribution in [2.24, 2.45) is 0 Å². The number of esters is 1. The number of aryl methyl sites for hydroxylation is 1. The summed E-state index contributed by atoms with van der Waals surface area (Å²) < 4.78 is 34.0. The van der Waals surface area contributed by atoms with E-state index in [1.807, 2.05) is 37.3 Å². The van der Waals surface area contributed by atoms with Crippen LogP contribution in [0.25, 0.3) is 0 Å². The molecule has 1 aliphatic rings. The SMILES string of the molecule is Cc1ccc(S(=O)(=O)N2C(COC(=O)c3ccc([N+](=O)[O-])cc3)=CCC2c2ccccc2)cc1. The average molecular weight is 479 g/mol. The number of benzene rings is 3. The lowest BCUT2D eigenvalue weighted by Gasteiger charge is -2.29. The maximum Gasteiger partial charge on any atom is 0.338 e. The number of carbonyl (C=O) groups excluding carboxylic acids is 1. The van der Waals surface area contributed by atoms with Crippen LogP contribution in [0.1, 0.15) is 33.9 Å². The van der Waals surface area contributed by atoms with Crippen LogP contribution < -0.4 is 0 Å². The maximum absolute atomic E-state index is 13.6. The Hall–Kier alpha value is -3.98. The normalized spacial score (nSPS) is 15.6. The van der Waals surface area contributed by atoms with Crippen LogP contribution in [0.15, 0.2) is 95.5 Å². The molecule has 0 aromatic heterocycles. The van der Waals surface area contributed by atoms with E-state index in [1.165, 1.54) is 28.6 Å². The molecule has 0 fully saturated rings. The van der Waals surface area contributed by atoms with Gasteiger partial charge in [-0.05, 0) is 43.2 Å². The van der Waals surface area contributed by atoms with Crippen molar-refractivity contribution < 1.29 is 22.9 Å². The molecule has 0 bridgehead atoms. The standard InChI is InChI=1S/C25H22N2O6S/c1-18-7-14-23(15-8-18)34(31,32)26-22(13-16-24(26)19-5-3-2-4-6-19)17-33-25(28)20-9-11-21(12-10-20)27(29)30/h2-15,24H,16-17H2,1H3. The number of nitro benzene ring substituents is 1. The van der Waals surface area contributed by atoms with Crippen LogP contribution in [0.2, 0.25) is 0 Å². The van der Waals surface area contributed by atoms with Crippen molar-refractivity contribution in [1.82, 2.24) is 4.31 Å². The number of hydrogen-bond donors (Lipinski definition) is 0. The first-order chi connectivity index (χ1) is 16.3. The van der Waals surface area contributed by atoms with Gasteiger partial charge in [0, 0.05) is 12.1 Å². The third-order valence-electron chi connectivity index (χ3n) is 5.57. The zero-order valence-corrected chi connectivity index (χ0v) is 19.1. The minimum Gasteiger partial charge on any atom is -0.456 e. The molecule has 4 rings (SSSR count). The van der Waals surface area contributed by atoms with E-state index in [9.17, 15) is 23.3 Å². The van der Waals surface area contributed by atoms with Crippen LogP contribution in [0, 0.1) is 17.0 Å². The molecule has 3 aromatic carbocycles. The van der Waals surface area contributed by atoms with E-state index in [-0.39, 0.29) is 22.8 Å². The summed E-state index contributed by atoms with van der Waals surface area (Å²) in [6.45, 7) is 1.62. The summed E-state index contributed by atoms with van der Waals surface area (Å²) in [4.78, 5) is 22.9. The van der Waals surface area contributed by atoms with Crippen LogP contribution in [0.5, 0.6) is 0 Å². The van der Waals surface area contributed by atoms with E-state index >= 15 is 0 Å². The van der Waals surface area contributed by atoms with Crippen LogP contribution in [0.3, 0.4) is 0 Å². The second-order valence-electron chi connectivity index (χ2n) is 7.85. The monoisotopic (exact) mass is 478 g/mol. The molecule has 0 radical (unpaired) electrons. The molecule has 0 aliphatic carbocycles. The van der Waals surface area contributed by atoms with Crippen LogP contribution in [-0.4, -0.2) is 30.2 Å². The first-order valence-corrected chi connectivity index (χ1v) is 12.0. The van der Waals surface area contributed by atoms with Crippen molar-refractivity contribution in [2.75, 3.05) is 6.61 Å². The quantitative estimate of drug-likeness (QED) is 0.275.